The van der Waals surface area contributed by atoms with Crippen molar-refractivity contribution in [3.63, 3.8) is 0 Å². The van der Waals surface area contributed by atoms with Crippen LogP contribution in [0.15, 0.2) is 60.9 Å². The fourth-order valence-corrected chi connectivity index (χ4v) is 5.11. The van der Waals surface area contributed by atoms with E-state index in [0.29, 0.717) is 60.5 Å². The van der Waals surface area contributed by atoms with E-state index < -0.39 is 11.6 Å². The van der Waals surface area contributed by atoms with Crippen LogP contribution in [0.5, 0.6) is 5.88 Å². The molecule has 0 radical (unpaired) electrons. The third kappa shape index (κ3) is 5.14. The molecule has 1 aliphatic heterocycles. The molecule has 6 rings (SSSR count). The molecule has 0 spiro atoms. The molecule has 208 valence electrons. The van der Waals surface area contributed by atoms with Crippen LogP contribution in [0.25, 0.3) is 33.4 Å². The van der Waals surface area contributed by atoms with E-state index in [-0.39, 0.29) is 10.9 Å². The highest BCUT2D eigenvalue weighted by atomic mass is 19.1. The largest absolute Gasteiger partial charge is 0.481 e. The lowest BCUT2D eigenvalue weighted by Gasteiger charge is -2.29. The minimum atomic E-state index is -0.711. The number of nitrogens with one attached hydrogen (secondary N) is 1. The highest BCUT2D eigenvalue weighted by Gasteiger charge is 2.22. The first-order chi connectivity index (χ1) is 19.9. The molecule has 41 heavy (non-hydrogen) atoms. The number of rotatable bonds is 6. The number of fused-ring (bicyclic) bond motifs is 1. The highest BCUT2D eigenvalue weighted by molar-refractivity contribution is 5.99. The van der Waals surface area contributed by atoms with Gasteiger partial charge in [0.1, 0.15) is 17.5 Å². The van der Waals surface area contributed by atoms with E-state index in [1.54, 1.807) is 31.6 Å². The number of benzene rings is 1. The summed E-state index contributed by atoms with van der Waals surface area (Å²) in [5.74, 6) is -0.162. The molecule has 0 atom stereocenters. The monoisotopic (exact) mass is 554 g/mol. The second kappa shape index (κ2) is 11.1. The number of nitrogens with zero attached hydrogens (tertiary/aromatic N) is 5. The first-order valence-electron chi connectivity index (χ1n) is 13.3. The number of hydrogen-bond acceptors (Lipinski definition) is 8. The molecule has 0 unspecified atom stereocenters. The molecule has 0 bridgehead atoms. The minimum absolute atomic E-state index is 0.183. The van der Waals surface area contributed by atoms with Gasteiger partial charge in [0, 0.05) is 72.1 Å². The van der Waals surface area contributed by atoms with Crippen molar-refractivity contribution in [3.05, 3.63) is 83.8 Å². The molecular formula is C31H28F2N6O2. The van der Waals surface area contributed by atoms with E-state index in [2.05, 4.69) is 25.2 Å². The summed E-state index contributed by atoms with van der Waals surface area (Å²) in [6, 6.07) is 13.2. The van der Waals surface area contributed by atoms with Crippen LogP contribution < -0.4 is 15.0 Å². The highest BCUT2D eigenvalue weighted by Crippen LogP contribution is 2.40. The van der Waals surface area contributed by atoms with Gasteiger partial charge in [-0.1, -0.05) is 6.07 Å². The van der Waals surface area contributed by atoms with Crippen LogP contribution in [0.2, 0.25) is 0 Å². The van der Waals surface area contributed by atoms with Gasteiger partial charge in [-0.05, 0) is 32.0 Å². The van der Waals surface area contributed by atoms with Gasteiger partial charge in [0.05, 0.1) is 54.0 Å². The molecule has 5 aromatic rings. The third-order valence-corrected chi connectivity index (χ3v) is 7.20. The van der Waals surface area contributed by atoms with Crippen LogP contribution in [-0.4, -0.2) is 53.3 Å². The Morgan fingerprint density at radius 1 is 0.951 bits per heavy atom. The van der Waals surface area contributed by atoms with Crippen molar-refractivity contribution in [2.45, 2.75) is 13.8 Å². The van der Waals surface area contributed by atoms with Crippen molar-refractivity contribution in [3.8, 4) is 28.4 Å². The molecule has 0 aliphatic carbocycles. The summed E-state index contributed by atoms with van der Waals surface area (Å²) in [6.07, 6.45) is 3.45. The quantitative estimate of drug-likeness (QED) is 0.264. The van der Waals surface area contributed by atoms with E-state index in [4.69, 9.17) is 14.5 Å². The molecule has 0 amide bonds. The summed E-state index contributed by atoms with van der Waals surface area (Å²) >= 11 is 0. The Balaban J connectivity index is 1.57. The first kappa shape index (κ1) is 26.5. The van der Waals surface area contributed by atoms with Gasteiger partial charge in [-0.2, -0.15) is 0 Å². The zero-order valence-electron chi connectivity index (χ0n) is 22.9. The summed E-state index contributed by atoms with van der Waals surface area (Å²) < 4.78 is 40.7. The van der Waals surface area contributed by atoms with Crippen molar-refractivity contribution >= 4 is 28.1 Å². The average molecular weight is 555 g/mol. The van der Waals surface area contributed by atoms with Crippen LogP contribution in [0.4, 0.5) is 26.0 Å². The maximum atomic E-state index is 15.5. The fourth-order valence-electron chi connectivity index (χ4n) is 5.11. The Kier molecular flexibility index (Phi) is 7.15. The van der Waals surface area contributed by atoms with Gasteiger partial charge >= 0.3 is 0 Å². The third-order valence-electron chi connectivity index (χ3n) is 7.20. The molecule has 8 nitrogen and oxygen atoms in total. The molecule has 4 aromatic heterocycles. The SMILES string of the molecule is COc1ccc(-c2cnc(N3CCOCC3)cc2Nc2c(C)c(-c3ccccn3)nc3cc(F)cc(F)c23)c(C)n1. The summed E-state index contributed by atoms with van der Waals surface area (Å²) in [7, 11) is 1.57. The lowest BCUT2D eigenvalue weighted by Crippen LogP contribution is -2.36. The molecule has 1 aliphatic rings. The zero-order valence-corrected chi connectivity index (χ0v) is 22.9. The Labute approximate surface area is 236 Å². The molecule has 0 saturated carbocycles. The number of pyridine rings is 4. The molecular weight excluding hydrogens is 526 g/mol. The topological polar surface area (TPSA) is 85.3 Å². The molecule has 1 saturated heterocycles. The Bertz CT molecular complexity index is 1740. The second-order valence-corrected chi connectivity index (χ2v) is 9.76. The zero-order chi connectivity index (χ0) is 28.5. The second-order valence-electron chi connectivity index (χ2n) is 9.76. The number of anilines is 3. The minimum Gasteiger partial charge on any atom is -0.481 e. The fraction of sp³-hybridized carbons (Fsp3) is 0.226. The van der Waals surface area contributed by atoms with E-state index in [9.17, 15) is 4.39 Å². The maximum Gasteiger partial charge on any atom is 0.213 e. The molecule has 1 N–H and O–H groups in total. The van der Waals surface area contributed by atoms with Crippen LogP contribution in [-0.2, 0) is 4.74 Å². The number of aryl methyl sites for hydroxylation is 1. The van der Waals surface area contributed by atoms with E-state index in [1.165, 1.54) is 6.07 Å². The van der Waals surface area contributed by atoms with Crippen molar-refractivity contribution in [2.75, 3.05) is 43.6 Å². The summed E-state index contributed by atoms with van der Waals surface area (Å²) in [6.45, 7) is 6.35. The number of ether oxygens (including phenoxy) is 2. The van der Waals surface area contributed by atoms with E-state index in [0.717, 1.165) is 28.7 Å². The predicted octanol–water partition coefficient (Wildman–Crippen LogP) is 6.24. The molecule has 10 heteroatoms. The van der Waals surface area contributed by atoms with Crippen LogP contribution in [0, 0.1) is 25.5 Å². The Hall–Kier alpha value is -4.70. The normalized spacial score (nSPS) is 13.4. The van der Waals surface area contributed by atoms with Crippen molar-refractivity contribution in [1.82, 2.24) is 19.9 Å². The van der Waals surface area contributed by atoms with Gasteiger partial charge in [-0.15, -0.1) is 0 Å². The van der Waals surface area contributed by atoms with Gasteiger partial charge in [-0.25, -0.2) is 23.7 Å². The standard InChI is InChI=1S/C31H28F2N6O2/c1-18-30(24-6-4-5-9-34-24)38-26-15-20(32)14-23(33)29(26)31(18)37-25-16-27(39-10-12-41-13-11-39)35-17-22(25)21-7-8-28(40-3)36-19(21)2/h4-9,14-17H,10-13H2,1-3H3,(H,35,37,38). The average Bonchev–Trinajstić information content (AvgIpc) is 2.99. The van der Waals surface area contributed by atoms with Crippen molar-refractivity contribution in [1.29, 1.82) is 0 Å². The summed E-state index contributed by atoms with van der Waals surface area (Å²) in [5.41, 5.74) is 5.46. The van der Waals surface area contributed by atoms with Crippen molar-refractivity contribution < 1.29 is 18.3 Å². The van der Waals surface area contributed by atoms with Gasteiger partial charge in [0.2, 0.25) is 5.88 Å². The Morgan fingerprint density at radius 2 is 1.78 bits per heavy atom. The number of halogens is 2. The lowest BCUT2D eigenvalue weighted by molar-refractivity contribution is 0.122. The smallest absolute Gasteiger partial charge is 0.213 e. The van der Waals surface area contributed by atoms with Crippen LogP contribution in [0.3, 0.4) is 0 Å². The van der Waals surface area contributed by atoms with Crippen LogP contribution in [0.1, 0.15) is 11.3 Å². The summed E-state index contributed by atoms with van der Waals surface area (Å²) in [5, 5.41) is 3.69. The summed E-state index contributed by atoms with van der Waals surface area (Å²) in [4.78, 5) is 20.5. The number of morpholine rings is 1. The van der Waals surface area contributed by atoms with E-state index in [1.807, 2.05) is 38.1 Å². The van der Waals surface area contributed by atoms with Crippen molar-refractivity contribution in [2.24, 2.45) is 0 Å². The number of methoxy groups -OCH3 is 1. The number of aromatic nitrogens is 4. The molecule has 1 fully saturated rings. The lowest BCUT2D eigenvalue weighted by atomic mass is 10.0. The first-order valence-corrected chi connectivity index (χ1v) is 13.3. The van der Waals surface area contributed by atoms with Gasteiger partial charge in [-0.3, -0.25) is 4.98 Å². The van der Waals surface area contributed by atoms with Gasteiger partial charge < -0.3 is 19.7 Å². The van der Waals surface area contributed by atoms with E-state index >= 15 is 4.39 Å². The van der Waals surface area contributed by atoms with Crippen LogP contribution >= 0.6 is 0 Å². The predicted molar refractivity (Wildman–Crippen MR) is 155 cm³/mol. The number of hydrogen-bond donors (Lipinski definition) is 1. The molecule has 5 heterocycles. The molecule has 1 aromatic carbocycles. The Morgan fingerprint density at radius 3 is 2.51 bits per heavy atom. The van der Waals surface area contributed by atoms with Gasteiger partial charge in [0.15, 0.2) is 0 Å². The van der Waals surface area contributed by atoms with Gasteiger partial charge in [0.25, 0.3) is 0 Å². The maximum absolute atomic E-state index is 15.5.